The second-order valence-corrected chi connectivity index (χ2v) is 3.78. The predicted octanol–water partition coefficient (Wildman–Crippen LogP) is 3.67. The molecule has 0 heterocycles. The summed E-state index contributed by atoms with van der Waals surface area (Å²) in [7, 11) is 0. The zero-order chi connectivity index (χ0) is 11.6. The summed E-state index contributed by atoms with van der Waals surface area (Å²) in [5.41, 5.74) is 6.21. The normalized spacial score (nSPS) is 11.5. The van der Waals surface area contributed by atoms with E-state index in [9.17, 15) is 13.2 Å². The molecule has 0 fully saturated rings. The smallest absolute Gasteiger partial charge is 0.405 e. The average Bonchev–Trinajstić information content (AvgIpc) is 2.07. The number of anilines is 1. The minimum Gasteiger partial charge on any atom is -0.405 e. The number of benzene rings is 1. The highest BCUT2D eigenvalue weighted by molar-refractivity contribution is 9.10. The van der Waals surface area contributed by atoms with Crippen molar-refractivity contribution in [3.63, 3.8) is 0 Å². The molecule has 0 atom stereocenters. The van der Waals surface area contributed by atoms with Gasteiger partial charge in [0.15, 0.2) is 0 Å². The minimum atomic E-state index is -4.73. The summed E-state index contributed by atoms with van der Waals surface area (Å²) in [6.07, 6.45) is -4.73. The van der Waals surface area contributed by atoms with Crippen LogP contribution >= 0.6 is 27.5 Å². The lowest BCUT2D eigenvalue weighted by molar-refractivity contribution is -0.274. The first-order chi connectivity index (χ1) is 6.83. The third-order valence-electron chi connectivity index (χ3n) is 1.56. The van der Waals surface area contributed by atoms with Crippen molar-refractivity contribution in [3.05, 3.63) is 22.2 Å². The third kappa shape index (κ3) is 3.46. The largest absolute Gasteiger partial charge is 0.573 e. The Morgan fingerprint density at radius 3 is 2.47 bits per heavy atom. The van der Waals surface area contributed by atoms with Gasteiger partial charge in [0.05, 0.1) is 4.47 Å². The van der Waals surface area contributed by atoms with Crippen LogP contribution in [0.25, 0.3) is 0 Å². The molecule has 0 aliphatic heterocycles. The number of ether oxygens (including phenoxy) is 1. The van der Waals surface area contributed by atoms with Gasteiger partial charge in [-0.15, -0.1) is 24.8 Å². The maximum atomic E-state index is 12.0. The number of nitrogen functional groups attached to an aromatic ring is 1. The molecular weight excluding hydrogens is 298 g/mol. The van der Waals surface area contributed by atoms with E-state index >= 15 is 0 Å². The molecule has 7 heteroatoms. The highest BCUT2D eigenvalue weighted by atomic mass is 79.9. The standard InChI is InChI=1S/C8H6BrClF3NO/c9-5-2-6(14)4(3-10)1-7(5)15-8(11,12)13/h1-2H,3,14H2. The van der Waals surface area contributed by atoms with Crippen LogP contribution in [0.5, 0.6) is 5.75 Å². The van der Waals surface area contributed by atoms with Gasteiger partial charge in [0.25, 0.3) is 0 Å². The van der Waals surface area contributed by atoms with Crippen LogP contribution in [0.15, 0.2) is 16.6 Å². The molecule has 2 nitrogen and oxygen atoms in total. The van der Waals surface area contributed by atoms with Gasteiger partial charge >= 0.3 is 6.36 Å². The number of halogens is 5. The van der Waals surface area contributed by atoms with E-state index in [1.54, 1.807) is 0 Å². The second kappa shape index (κ2) is 4.49. The van der Waals surface area contributed by atoms with E-state index in [0.717, 1.165) is 6.07 Å². The molecule has 0 aromatic heterocycles. The van der Waals surface area contributed by atoms with Crippen LogP contribution in [0.2, 0.25) is 0 Å². The topological polar surface area (TPSA) is 35.2 Å². The van der Waals surface area contributed by atoms with E-state index in [1.165, 1.54) is 6.07 Å². The Labute approximate surface area is 97.3 Å². The summed E-state index contributed by atoms with van der Waals surface area (Å²) >= 11 is 8.41. The minimum absolute atomic E-state index is 0.0212. The lowest BCUT2D eigenvalue weighted by Crippen LogP contribution is -2.17. The van der Waals surface area contributed by atoms with Crippen molar-refractivity contribution >= 4 is 33.2 Å². The Morgan fingerprint density at radius 2 is 2.00 bits per heavy atom. The summed E-state index contributed by atoms with van der Waals surface area (Å²) in [6.45, 7) is 0. The zero-order valence-corrected chi connectivity index (χ0v) is 9.58. The number of alkyl halides is 4. The van der Waals surface area contributed by atoms with Crippen molar-refractivity contribution in [2.45, 2.75) is 12.2 Å². The Morgan fingerprint density at radius 1 is 1.40 bits per heavy atom. The molecule has 0 amide bonds. The SMILES string of the molecule is Nc1cc(Br)c(OC(F)(F)F)cc1CCl. The molecule has 0 unspecified atom stereocenters. The molecule has 0 aliphatic carbocycles. The molecule has 2 N–H and O–H groups in total. The summed E-state index contributed by atoms with van der Waals surface area (Å²) in [5, 5.41) is 0. The fourth-order valence-corrected chi connectivity index (χ4v) is 1.60. The van der Waals surface area contributed by atoms with E-state index in [4.69, 9.17) is 17.3 Å². The van der Waals surface area contributed by atoms with Crippen LogP contribution < -0.4 is 10.5 Å². The van der Waals surface area contributed by atoms with Gasteiger partial charge in [-0.25, -0.2) is 0 Å². The third-order valence-corrected chi connectivity index (χ3v) is 2.47. The van der Waals surface area contributed by atoms with Gasteiger partial charge in [-0.3, -0.25) is 0 Å². The molecule has 1 aromatic rings. The van der Waals surface area contributed by atoms with Gasteiger partial charge in [0.1, 0.15) is 5.75 Å². The van der Waals surface area contributed by atoms with Gasteiger partial charge in [0, 0.05) is 11.6 Å². The monoisotopic (exact) mass is 303 g/mol. The summed E-state index contributed by atoms with van der Waals surface area (Å²) in [5.74, 6) is -0.333. The lowest BCUT2D eigenvalue weighted by Gasteiger charge is -2.12. The van der Waals surface area contributed by atoms with Crippen molar-refractivity contribution in [1.29, 1.82) is 0 Å². The summed E-state index contributed by atoms with van der Waals surface area (Å²) < 4.78 is 39.8. The van der Waals surface area contributed by atoms with Gasteiger partial charge in [-0.2, -0.15) is 0 Å². The van der Waals surface area contributed by atoms with Crippen molar-refractivity contribution < 1.29 is 17.9 Å². The molecule has 0 spiro atoms. The second-order valence-electron chi connectivity index (χ2n) is 2.66. The Bertz CT molecular complexity index is 370. The van der Waals surface area contributed by atoms with Crippen LogP contribution in [0.4, 0.5) is 18.9 Å². The molecule has 0 aliphatic rings. The molecule has 1 aromatic carbocycles. The number of rotatable bonds is 2. The molecule has 84 valence electrons. The number of hydrogen-bond acceptors (Lipinski definition) is 2. The molecular formula is C8H6BrClF3NO. The van der Waals surface area contributed by atoms with E-state index < -0.39 is 6.36 Å². The van der Waals surface area contributed by atoms with Crippen molar-refractivity contribution in [1.82, 2.24) is 0 Å². The summed E-state index contributed by atoms with van der Waals surface area (Å²) in [6, 6.07) is 2.47. The van der Waals surface area contributed by atoms with Crippen molar-refractivity contribution in [2.24, 2.45) is 0 Å². The lowest BCUT2D eigenvalue weighted by atomic mass is 10.2. The Kier molecular flexibility index (Phi) is 3.72. The van der Waals surface area contributed by atoms with E-state index in [1.807, 2.05) is 0 Å². The Hall–Kier alpha value is -0.620. The van der Waals surface area contributed by atoms with Gasteiger partial charge in [-0.1, -0.05) is 0 Å². The van der Waals surface area contributed by atoms with Crippen LogP contribution in [0, 0.1) is 0 Å². The first-order valence-corrected chi connectivity index (χ1v) is 5.06. The highest BCUT2D eigenvalue weighted by Gasteiger charge is 2.32. The van der Waals surface area contributed by atoms with E-state index in [2.05, 4.69) is 20.7 Å². The van der Waals surface area contributed by atoms with Gasteiger partial charge in [-0.05, 0) is 33.6 Å². The fourth-order valence-electron chi connectivity index (χ4n) is 0.929. The predicted molar refractivity (Wildman–Crippen MR) is 54.8 cm³/mol. The Balaban J connectivity index is 3.08. The molecule has 0 radical (unpaired) electrons. The summed E-state index contributed by atoms with van der Waals surface area (Å²) in [4.78, 5) is 0. The van der Waals surface area contributed by atoms with Gasteiger partial charge < -0.3 is 10.5 Å². The van der Waals surface area contributed by atoms with Crippen molar-refractivity contribution in [3.8, 4) is 5.75 Å². The zero-order valence-electron chi connectivity index (χ0n) is 7.24. The number of hydrogen-bond donors (Lipinski definition) is 1. The van der Waals surface area contributed by atoms with Gasteiger partial charge in [0.2, 0.25) is 0 Å². The van der Waals surface area contributed by atoms with Crippen LogP contribution in [0.3, 0.4) is 0 Å². The molecule has 15 heavy (non-hydrogen) atoms. The first-order valence-electron chi connectivity index (χ1n) is 3.73. The maximum absolute atomic E-state index is 12.0. The number of nitrogens with two attached hydrogens (primary N) is 1. The van der Waals surface area contributed by atoms with Crippen molar-refractivity contribution in [2.75, 3.05) is 5.73 Å². The highest BCUT2D eigenvalue weighted by Crippen LogP contribution is 2.34. The van der Waals surface area contributed by atoms with Crippen LogP contribution in [0.1, 0.15) is 5.56 Å². The fraction of sp³-hybridized carbons (Fsp3) is 0.250. The molecule has 0 saturated carbocycles. The molecule has 0 bridgehead atoms. The van der Waals surface area contributed by atoms with Crippen LogP contribution in [-0.2, 0) is 5.88 Å². The molecule has 1 rings (SSSR count). The first kappa shape index (κ1) is 12.4. The quantitative estimate of drug-likeness (QED) is 0.668. The molecule has 0 saturated heterocycles. The van der Waals surface area contributed by atoms with E-state index in [0.29, 0.717) is 11.3 Å². The average molecular weight is 304 g/mol. The maximum Gasteiger partial charge on any atom is 0.573 e. The van der Waals surface area contributed by atoms with E-state index in [-0.39, 0.29) is 16.1 Å². The van der Waals surface area contributed by atoms with Crippen LogP contribution in [-0.4, -0.2) is 6.36 Å².